The van der Waals surface area contributed by atoms with Gasteiger partial charge in [0, 0.05) is 6.04 Å². The van der Waals surface area contributed by atoms with E-state index in [4.69, 9.17) is 5.73 Å². The zero-order valence-corrected chi connectivity index (χ0v) is 7.15. The van der Waals surface area contributed by atoms with Gasteiger partial charge >= 0.3 is 0 Å². The van der Waals surface area contributed by atoms with Gasteiger partial charge in [0.25, 0.3) is 0 Å². The second-order valence-electron chi connectivity index (χ2n) is 2.26. The summed E-state index contributed by atoms with van der Waals surface area (Å²) in [7, 11) is 0. The molecule has 3 atom stereocenters. The molecule has 52 valence electrons. The highest BCUT2D eigenvalue weighted by molar-refractivity contribution is 14.1. The van der Waals surface area contributed by atoms with Crippen molar-refractivity contribution in [2.24, 2.45) is 5.73 Å². The topological polar surface area (TPSA) is 46.2 Å². The van der Waals surface area contributed by atoms with E-state index in [9.17, 15) is 5.11 Å². The summed E-state index contributed by atoms with van der Waals surface area (Å²) in [6.07, 6.45) is 4.30. The molecule has 0 aromatic carbocycles. The normalized spacial score (nSPS) is 43.2. The molecule has 0 aromatic rings. The van der Waals surface area contributed by atoms with Gasteiger partial charge in [-0.3, -0.25) is 0 Å². The van der Waals surface area contributed by atoms with Crippen LogP contribution in [0.2, 0.25) is 0 Å². The number of rotatable bonds is 0. The fourth-order valence-electron chi connectivity index (χ4n) is 0.865. The first-order valence-corrected chi connectivity index (χ1v) is 4.21. The maximum Gasteiger partial charge on any atom is 0.0853 e. The molecule has 1 aliphatic rings. The highest BCUT2D eigenvalue weighted by Crippen LogP contribution is 2.18. The molecule has 9 heavy (non-hydrogen) atoms. The monoisotopic (exact) mass is 239 g/mol. The van der Waals surface area contributed by atoms with Crippen LogP contribution in [0.3, 0.4) is 0 Å². The van der Waals surface area contributed by atoms with Crippen molar-refractivity contribution in [3.63, 3.8) is 0 Å². The molecule has 0 spiro atoms. The Bertz CT molecular complexity index is 126. The predicted molar refractivity (Wildman–Crippen MR) is 45.5 cm³/mol. The van der Waals surface area contributed by atoms with Crippen LogP contribution in [0.15, 0.2) is 12.2 Å². The van der Waals surface area contributed by atoms with Crippen LogP contribution in [0.4, 0.5) is 0 Å². The second-order valence-corrected chi connectivity index (χ2v) is 3.70. The van der Waals surface area contributed by atoms with Crippen LogP contribution in [-0.4, -0.2) is 21.2 Å². The lowest BCUT2D eigenvalue weighted by Gasteiger charge is -2.23. The number of halogens is 1. The van der Waals surface area contributed by atoms with Crippen LogP contribution in [0.1, 0.15) is 6.42 Å². The van der Waals surface area contributed by atoms with E-state index in [2.05, 4.69) is 22.6 Å². The summed E-state index contributed by atoms with van der Waals surface area (Å²) in [5.41, 5.74) is 5.65. The maximum absolute atomic E-state index is 9.17. The third-order valence-electron chi connectivity index (χ3n) is 1.48. The number of hydrogen-bond donors (Lipinski definition) is 2. The summed E-state index contributed by atoms with van der Waals surface area (Å²) >= 11 is 2.18. The quantitative estimate of drug-likeness (QED) is 0.366. The molecule has 0 aromatic heterocycles. The van der Waals surface area contributed by atoms with E-state index in [1.54, 1.807) is 6.08 Å². The summed E-state index contributed by atoms with van der Waals surface area (Å²) in [4.78, 5) is 0. The molecule has 3 N–H and O–H groups in total. The molecule has 1 rings (SSSR count). The Morgan fingerprint density at radius 2 is 2.33 bits per heavy atom. The van der Waals surface area contributed by atoms with Gasteiger partial charge in [0.05, 0.1) is 10.0 Å². The Labute approximate surface area is 68.3 Å². The minimum atomic E-state index is -0.339. The average molecular weight is 239 g/mol. The van der Waals surface area contributed by atoms with Crippen molar-refractivity contribution in [2.75, 3.05) is 0 Å². The lowest BCUT2D eigenvalue weighted by atomic mass is 10.0. The molecule has 1 aliphatic carbocycles. The molecule has 0 heterocycles. The minimum absolute atomic E-state index is 0.130. The number of nitrogens with two attached hydrogens (primary N) is 1. The van der Waals surface area contributed by atoms with Gasteiger partial charge in [-0.15, -0.1) is 0 Å². The van der Waals surface area contributed by atoms with Crippen LogP contribution < -0.4 is 5.73 Å². The van der Waals surface area contributed by atoms with Crippen molar-refractivity contribution >= 4 is 22.6 Å². The van der Waals surface area contributed by atoms with Crippen molar-refractivity contribution in [2.45, 2.75) is 22.5 Å². The molecule has 3 heteroatoms. The molecule has 0 radical (unpaired) electrons. The van der Waals surface area contributed by atoms with E-state index < -0.39 is 0 Å². The fraction of sp³-hybridized carbons (Fsp3) is 0.667. The van der Waals surface area contributed by atoms with E-state index >= 15 is 0 Å². The summed E-state index contributed by atoms with van der Waals surface area (Å²) in [5.74, 6) is 0. The Morgan fingerprint density at radius 1 is 1.67 bits per heavy atom. The molecular weight excluding hydrogens is 229 g/mol. The van der Waals surface area contributed by atoms with Crippen LogP contribution in [0, 0.1) is 0 Å². The first-order valence-electron chi connectivity index (χ1n) is 2.96. The van der Waals surface area contributed by atoms with Gasteiger partial charge in [0.1, 0.15) is 0 Å². The highest BCUT2D eigenvalue weighted by Gasteiger charge is 2.22. The van der Waals surface area contributed by atoms with Crippen molar-refractivity contribution in [1.82, 2.24) is 0 Å². The van der Waals surface area contributed by atoms with Crippen molar-refractivity contribution in [1.29, 1.82) is 0 Å². The molecule has 2 nitrogen and oxygen atoms in total. The Morgan fingerprint density at radius 3 is 2.78 bits per heavy atom. The highest BCUT2D eigenvalue weighted by atomic mass is 127. The van der Waals surface area contributed by atoms with E-state index in [1.165, 1.54) is 0 Å². The number of hydrogen-bond acceptors (Lipinski definition) is 2. The predicted octanol–water partition coefficient (Wildman–Crippen LogP) is 0.438. The Hall–Kier alpha value is 0.390. The van der Waals surface area contributed by atoms with Gasteiger partial charge in [-0.1, -0.05) is 34.7 Å². The lowest BCUT2D eigenvalue weighted by molar-refractivity contribution is 0.208. The van der Waals surface area contributed by atoms with Gasteiger partial charge in [0.2, 0.25) is 0 Å². The standard InChI is InChI=1S/C6H10INO/c7-6-4(8)2-1-3-5(6)9/h1,3-6,9H,2,8H2/t4-,5+,6+/m0/s1. The maximum atomic E-state index is 9.17. The average Bonchev–Trinajstić information content (AvgIpc) is 1.83. The van der Waals surface area contributed by atoms with E-state index in [0.717, 1.165) is 6.42 Å². The molecule has 0 saturated carbocycles. The zero-order chi connectivity index (χ0) is 6.85. The van der Waals surface area contributed by atoms with E-state index in [0.29, 0.717) is 0 Å². The molecule has 0 fully saturated rings. The van der Waals surface area contributed by atoms with Crippen LogP contribution >= 0.6 is 22.6 Å². The first kappa shape index (κ1) is 7.50. The summed E-state index contributed by atoms with van der Waals surface area (Å²) in [6.45, 7) is 0. The number of aliphatic hydroxyl groups excluding tert-OH is 1. The molecular formula is C6H10INO. The number of alkyl halides is 1. The SMILES string of the molecule is N[C@H]1CC=C[C@@H](O)[C@@H]1I. The molecule has 0 bridgehead atoms. The number of aliphatic hydroxyl groups is 1. The van der Waals surface area contributed by atoms with Crippen LogP contribution in [0.25, 0.3) is 0 Å². The van der Waals surface area contributed by atoms with E-state index in [1.807, 2.05) is 6.08 Å². The van der Waals surface area contributed by atoms with Crippen molar-refractivity contribution < 1.29 is 5.11 Å². The molecule has 0 saturated heterocycles. The Balaban J connectivity index is 2.58. The van der Waals surface area contributed by atoms with Gasteiger partial charge in [-0.05, 0) is 6.42 Å². The third kappa shape index (κ3) is 1.65. The van der Waals surface area contributed by atoms with Crippen LogP contribution in [-0.2, 0) is 0 Å². The molecule has 0 amide bonds. The van der Waals surface area contributed by atoms with Crippen molar-refractivity contribution in [3.8, 4) is 0 Å². The fourth-order valence-corrected chi connectivity index (χ4v) is 1.40. The Kier molecular flexibility index (Phi) is 2.49. The van der Waals surface area contributed by atoms with Gasteiger partial charge in [-0.2, -0.15) is 0 Å². The van der Waals surface area contributed by atoms with Gasteiger partial charge < -0.3 is 10.8 Å². The largest absolute Gasteiger partial charge is 0.388 e. The second kappa shape index (κ2) is 2.98. The first-order chi connectivity index (χ1) is 4.22. The summed E-state index contributed by atoms with van der Waals surface area (Å²) in [6, 6.07) is 0.130. The molecule has 0 aliphatic heterocycles. The zero-order valence-electron chi connectivity index (χ0n) is 5.00. The summed E-state index contributed by atoms with van der Waals surface area (Å²) in [5, 5.41) is 9.17. The smallest absolute Gasteiger partial charge is 0.0853 e. The third-order valence-corrected chi connectivity index (χ3v) is 3.14. The summed E-state index contributed by atoms with van der Waals surface area (Å²) < 4.78 is 0.188. The van der Waals surface area contributed by atoms with Crippen molar-refractivity contribution in [3.05, 3.63) is 12.2 Å². The molecule has 0 unspecified atom stereocenters. The minimum Gasteiger partial charge on any atom is -0.388 e. The van der Waals surface area contributed by atoms with Gasteiger partial charge in [0.15, 0.2) is 0 Å². The lowest BCUT2D eigenvalue weighted by Crippen LogP contribution is -2.39. The van der Waals surface area contributed by atoms with Gasteiger partial charge in [-0.25, -0.2) is 0 Å². The van der Waals surface area contributed by atoms with Crippen LogP contribution in [0.5, 0.6) is 0 Å². The van der Waals surface area contributed by atoms with E-state index in [-0.39, 0.29) is 16.1 Å².